The monoisotopic (exact) mass is 378 g/mol. The van der Waals surface area contributed by atoms with Gasteiger partial charge in [0.05, 0.1) is 11.3 Å². The van der Waals surface area contributed by atoms with Crippen molar-refractivity contribution in [2.75, 3.05) is 5.32 Å². The van der Waals surface area contributed by atoms with Gasteiger partial charge < -0.3 is 5.32 Å². The van der Waals surface area contributed by atoms with Crippen LogP contribution in [-0.2, 0) is 21.2 Å². The lowest BCUT2D eigenvalue weighted by Crippen LogP contribution is -2.36. The van der Waals surface area contributed by atoms with Gasteiger partial charge in [-0.05, 0) is 48.6 Å². The minimum atomic E-state index is -3.51. The average Bonchev–Trinajstić information content (AvgIpc) is 3.08. The minimum Gasteiger partial charge on any atom is -0.326 e. The molecule has 1 aliphatic rings. The first-order valence-electron chi connectivity index (χ1n) is 8.47. The van der Waals surface area contributed by atoms with Crippen LogP contribution < -0.4 is 10.0 Å². The molecule has 5 nitrogen and oxygen atoms in total. The molecule has 1 heterocycles. The molecule has 1 aliphatic carbocycles. The molecule has 1 aromatic heterocycles. The first kappa shape index (κ1) is 18.1. The molecule has 0 aliphatic heterocycles. The number of thiophene rings is 1. The highest BCUT2D eigenvalue weighted by molar-refractivity contribution is 7.89. The first-order chi connectivity index (χ1) is 12.0. The van der Waals surface area contributed by atoms with E-state index in [9.17, 15) is 13.2 Å². The quantitative estimate of drug-likeness (QED) is 0.807. The number of nitrogens with one attached hydrogen (secondary N) is 2. The lowest BCUT2D eigenvalue weighted by molar-refractivity contribution is -0.115. The third-order valence-corrected chi connectivity index (χ3v) is 6.70. The van der Waals surface area contributed by atoms with Crippen LogP contribution in [0.15, 0.2) is 46.7 Å². The van der Waals surface area contributed by atoms with Crippen molar-refractivity contribution in [2.24, 2.45) is 0 Å². The van der Waals surface area contributed by atoms with Gasteiger partial charge in [-0.25, -0.2) is 13.1 Å². The molecule has 0 spiro atoms. The normalized spacial score (nSPS) is 15.8. The van der Waals surface area contributed by atoms with Crippen LogP contribution in [0.2, 0.25) is 0 Å². The molecule has 3 rings (SSSR count). The van der Waals surface area contributed by atoms with Gasteiger partial charge in [0.2, 0.25) is 15.9 Å². The molecular weight excluding hydrogens is 356 g/mol. The van der Waals surface area contributed by atoms with Crippen LogP contribution in [0.5, 0.6) is 0 Å². The van der Waals surface area contributed by atoms with Crippen molar-refractivity contribution in [3.63, 3.8) is 0 Å². The van der Waals surface area contributed by atoms with E-state index < -0.39 is 10.0 Å². The molecule has 0 saturated heterocycles. The Morgan fingerprint density at radius 1 is 1.08 bits per heavy atom. The zero-order valence-corrected chi connectivity index (χ0v) is 15.5. The summed E-state index contributed by atoms with van der Waals surface area (Å²) in [6, 6.07) is 10.2. The standard InChI is InChI=1S/C18H22N2O3S2/c21-18(13-16-7-4-12-24-16)19-14-8-10-17(11-9-14)25(22,23)20-15-5-2-1-3-6-15/h4,7-12,15,20H,1-3,5-6,13H2,(H,19,21). The first-order valence-corrected chi connectivity index (χ1v) is 10.8. The molecular formula is C18H22N2O3S2. The summed E-state index contributed by atoms with van der Waals surface area (Å²) in [5.41, 5.74) is 0.596. The van der Waals surface area contributed by atoms with E-state index in [1.165, 1.54) is 29.9 Å². The fraction of sp³-hybridized carbons (Fsp3) is 0.389. The largest absolute Gasteiger partial charge is 0.326 e. The summed E-state index contributed by atoms with van der Waals surface area (Å²) in [4.78, 5) is 13.2. The topological polar surface area (TPSA) is 75.3 Å². The van der Waals surface area contributed by atoms with Gasteiger partial charge in [-0.3, -0.25) is 4.79 Å². The minimum absolute atomic E-state index is 0.0314. The molecule has 0 radical (unpaired) electrons. The van der Waals surface area contributed by atoms with Crippen LogP contribution in [0, 0.1) is 0 Å². The maximum Gasteiger partial charge on any atom is 0.240 e. The molecule has 1 aromatic carbocycles. The molecule has 1 fully saturated rings. The highest BCUT2D eigenvalue weighted by Gasteiger charge is 2.21. The number of hydrogen-bond acceptors (Lipinski definition) is 4. The Kier molecular flexibility index (Phi) is 5.88. The molecule has 1 saturated carbocycles. The van der Waals surface area contributed by atoms with Crippen LogP contribution >= 0.6 is 11.3 Å². The number of carbonyl (C=O) groups excluding carboxylic acids is 1. The second-order valence-corrected chi connectivity index (χ2v) is 9.03. The highest BCUT2D eigenvalue weighted by Crippen LogP contribution is 2.21. The molecule has 7 heteroatoms. The summed E-state index contributed by atoms with van der Waals surface area (Å²) in [6.45, 7) is 0. The number of anilines is 1. The highest BCUT2D eigenvalue weighted by atomic mass is 32.2. The van der Waals surface area contributed by atoms with E-state index in [0.29, 0.717) is 12.1 Å². The molecule has 2 aromatic rings. The van der Waals surface area contributed by atoms with Crippen LogP contribution in [-0.4, -0.2) is 20.4 Å². The van der Waals surface area contributed by atoms with Crippen molar-refractivity contribution >= 4 is 33.0 Å². The predicted octanol–water partition coefficient (Wildman–Crippen LogP) is 3.54. The zero-order chi connectivity index (χ0) is 17.7. The number of amides is 1. The van der Waals surface area contributed by atoms with Gasteiger partial charge in [0, 0.05) is 16.6 Å². The van der Waals surface area contributed by atoms with E-state index in [1.54, 1.807) is 12.1 Å². The number of carbonyl (C=O) groups is 1. The van der Waals surface area contributed by atoms with Crippen LogP contribution in [0.1, 0.15) is 37.0 Å². The van der Waals surface area contributed by atoms with E-state index in [2.05, 4.69) is 10.0 Å². The fourth-order valence-corrected chi connectivity index (χ4v) is 5.01. The van der Waals surface area contributed by atoms with Gasteiger partial charge in [-0.15, -0.1) is 11.3 Å². The molecule has 25 heavy (non-hydrogen) atoms. The summed E-state index contributed by atoms with van der Waals surface area (Å²) in [5.74, 6) is -0.113. The predicted molar refractivity (Wildman–Crippen MR) is 100 cm³/mol. The smallest absolute Gasteiger partial charge is 0.240 e. The van der Waals surface area contributed by atoms with Crippen LogP contribution in [0.3, 0.4) is 0 Å². The summed E-state index contributed by atoms with van der Waals surface area (Å²) in [6.07, 6.45) is 5.44. The molecule has 0 atom stereocenters. The summed E-state index contributed by atoms with van der Waals surface area (Å²) in [7, 11) is -3.51. The Labute approximate surface area is 152 Å². The van der Waals surface area contributed by atoms with E-state index in [4.69, 9.17) is 0 Å². The second kappa shape index (κ2) is 8.12. The Bertz CT molecular complexity index is 793. The second-order valence-electron chi connectivity index (χ2n) is 6.28. The molecule has 0 unspecified atom stereocenters. The molecule has 134 valence electrons. The SMILES string of the molecule is O=C(Cc1cccs1)Nc1ccc(S(=O)(=O)NC2CCCCC2)cc1. The van der Waals surface area contributed by atoms with Gasteiger partial charge in [0.1, 0.15) is 0 Å². The van der Waals surface area contributed by atoms with Gasteiger partial charge in [-0.1, -0.05) is 25.3 Å². The Morgan fingerprint density at radius 3 is 2.44 bits per heavy atom. The van der Waals surface area contributed by atoms with Crippen LogP contribution in [0.25, 0.3) is 0 Å². The van der Waals surface area contributed by atoms with Gasteiger partial charge in [0.15, 0.2) is 0 Å². The van der Waals surface area contributed by atoms with E-state index in [0.717, 1.165) is 30.6 Å². The van der Waals surface area contributed by atoms with Crippen molar-refractivity contribution in [1.29, 1.82) is 0 Å². The summed E-state index contributed by atoms with van der Waals surface area (Å²) < 4.78 is 27.7. The van der Waals surface area contributed by atoms with Crippen molar-refractivity contribution in [1.82, 2.24) is 4.72 Å². The Morgan fingerprint density at radius 2 is 1.80 bits per heavy atom. The third kappa shape index (κ3) is 5.14. The van der Waals surface area contributed by atoms with E-state index >= 15 is 0 Å². The van der Waals surface area contributed by atoms with Crippen molar-refractivity contribution in [3.05, 3.63) is 46.7 Å². The summed E-state index contributed by atoms with van der Waals surface area (Å²) in [5, 5.41) is 4.72. The third-order valence-electron chi connectivity index (χ3n) is 4.29. The zero-order valence-electron chi connectivity index (χ0n) is 13.9. The fourth-order valence-electron chi connectivity index (χ4n) is 3.00. The van der Waals surface area contributed by atoms with Crippen molar-refractivity contribution in [2.45, 2.75) is 49.5 Å². The van der Waals surface area contributed by atoms with Gasteiger partial charge in [-0.2, -0.15) is 0 Å². The average molecular weight is 379 g/mol. The van der Waals surface area contributed by atoms with E-state index in [1.807, 2.05) is 17.5 Å². The Hall–Kier alpha value is -1.70. The summed E-state index contributed by atoms with van der Waals surface area (Å²) >= 11 is 1.54. The van der Waals surface area contributed by atoms with Gasteiger partial charge in [0.25, 0.3) is 0 Å². The van der Waals surface area contributed by atoms with E-state index in [-0.39, 0.29) is 16.8 Å². The molecule has 1 amide bonds. The number of rotatable bonds is 6. The number of hydrogen-bond donors (Lipinski definition) is 2. The Balaban J connectivity index is 1.60. The van der Waals surface area contributed by atoms with Crippen molar-refractivity contribution in [3.8, 4) is 0 Å². The number of benzene rings is 1. The number of sulfonamides is 1. The maximum atomic E-state index is 12.4. The van der Waals surface area contributed by atoms with Crippen molar-refractivity contribution < 1.29 is 13.2 Å². The lowest BCUT2D eigenvalue weighted by Gasteiger charge is -2.22. The maximum absolute atomic E-state index is 12.4. The van der Waals surface area contributed by atoms with Crippen LogP contribution in [0.4, 0.5) is 5.69 Å². The molecule has 2 N–H and O–H groups in total. The lowest BCUT2D eigenvalue weighted by atomic mass is 9.96. The van der Waals surface area contributed by atoms with Gasteiger partial charge >= 0.3 is 0 Å². The molecule has 0 bridgehead atoms.